The smallest absolute Gasteiger partial charge is 0.329 e. The highest BCUT2D eigenvalue weighted by atomic mass is 16.4. The van der Waals surface area contributed by atoms with Crippen molar-refractivity contribution < 1.29 is 14.7 Å². The lowest BCUT2D eigenvalue weighted by Gasteiger charge is -2.37. The van der Waals surface area contributed by atoms with Gasteiger partial charge >= 0.3 is 5.97 Å². The molecule has 1 aliphatic carbocycles. The number of amides is 1. The zero-order chi connectivity index (χ0) is 13.9. The lowest BCUT2D eigenvalue weighted by Crippen LogP contribution is -2.55. The van der Waals surface area contributed by atoms with Crippen LogP contribution in [-0.2, 0) is 9.59 Å². The molecule has 1 fully saturated rings. The van der Waals surface area contributed by atoms with Gasteiger partial charge in [0.15, 0.2) is 0 Å². The minimum Gasteiger partial charge on any atom is -0.480 e. The first kappa shape index (κ1) is 15.0. The van der Waals surface area contributed by atoms with Crippen LogP contribution in [0.5, 0.6) is 0 Å². The van der Waals surface area contributed by atoms with Crippen LogP contribution in [0.2, 0.25) is 0 Å². The number of rotatable bonds is 5. The fraction of sp³-hybridized carbons (Fsp3) is 0.846. The molecule has 0 aliphatic heterocycles. The van der Waals surface area contributed by atoms with E-state index in [-0.39, 0.29) is 17.7 Å². The number of hydrogen-bond acceptors (Lipinski definition) is 3. The summed E-state index contributed by atoms with van der Waals surface area (Å²) in [5.41, 5.74) is 4.53. The minimum atomic E-state index is -1.16. The van der Waals surface area contributed by atoms with Crippen molar-refractivity contribution in [2.24, 2.45) is 17.6 Å². The first-order chi connectivity index (χ1) is 8.36. The minimum absolute atomic E-state index is 0.0575. The van der Waals surface area contributed by atoms with Gasteiger partial charge in [-0.1, -0.05) is 6.42 Å². The second-order valence-corrected chi connectivity index (χ2v) is 5.48. The van der Waals surface area contributed by atoms with Crippen molar-refractivity contribution in [2.45, 2.75) is 45.6 Å². The Bertz CT molecular complexity index is 328. The van der Waals surface area contributed by atoms with Crippen LogP contribution in [0.4, 0.5) is 0 Å². The number of hydrogen-bond donors (Lipinski definition) is 2. The highest BCUT2D eigenvalue weighted by molar-refractivity contribution is 5.87. The molecule has 2 unspecified atom stereocenters. The zero-order valence-electron chi connectivity index (χ0n) is 11.5. The number of carboxylic acid groups (broad SMARTS) is 1. The van der Waals surface area contributed by atoms with Crippen molar-refractivity contribution in [3.63, 3.8) is 0 Å². The summed E-state index contributed by atoms with van der Waals surface area (Å²) in [6, 6.07) is 0. The summed E-state index contributed by atoms with van der Waals surface area (Å²) in [5.74, 6) is -0.928. The molecule has 0 spiro atoms. The molecule has 0 saturated heterocycles. The average Bonchev–Trinajstić information content (AvgIpc) is 2.77. The van der Waals surface area contributed by atoms with E-state index < -0.39 is 11.5 Å². The molecule has 18 heavy (non-hydrogen) atoms. The maximum atomic E-state index is 12.5. The van der Waals surface area contributed by atoms with Gasteiger partial charge in [0, 0.05) is 12.5 Å². The van der Waals surface area contributed by atoms with Crippen LogP contribution in [0.1, 0.15) is 40.0 Å². The average molecular weight is 256 g/mol. The monoisotopic (exact) mass is 256 g/mol. The third-order valence-electron chi connectivity index (χ3n) is 4.06. The normalized spacial score (nSPS) is 24.0. The summed E-state index contributed by atoms with van der Waals surface area (Å²) >= 11 is 0. The maximum Gasteiger partial charge on any atom is 0.329 e. The summed E-state index contributed by atoms with van der Waals surface area (Å²) in [6.45, 7) is 5.87. The Morgan fingerprint density at radius 1 is 1.39 bits per heavy atom. The second kappa shape index (κ2) is 5.69. The number of likely N-dealkylation sites (N-methyl/N-ethyl adjacent to an activating group) is 1. The molecule has 0 aromatic rings. The topological polar surface area (TPSA) is 83.6 Å². The molecule has 0 aromatic heterocycles. The Morgan fingerprint density at radius 2 is 2.00 bits per heavy atom. The van der Waals surface area contributed by atoms with Crippen LogP contribution in [0.15, 0.2) is 0 Å². The molecule has 3 N–H and O–H groups in total. The number of nitrogens with zero attached hydrogens (tertiary/aromatic N) is 1. The van der Waals surface area contributed by atoms with Gasteiger partial charge in [0.05, 0.1) is 0 Å². The SMILES string of the molecule is CCN(C(=O)C1CCCC1CN)C(C)(C)C(=O)O. The van der Waals surface area contributed by atoms with Crippen LogP contribution in [0, 0.1) is 11.8 Å². The van der Waals surface area contributed by atoms with Gasteiger partial charge in [0.2, 0.25) is 5.91 Å². The fourth-order valence-electron chi connectivity index (χ4n) is 2.79. The quantitative estimate of drug-likeness (QED) is 0.770. The Balaban J connectivity index is 2.89. The molecule has 0 radical (unpaired) electrons. The van der Waals surface area contributed by atoms with Crippen LogP contribution in [0.25, 0.3) is 0 Å². The summed E-state index contributed by atoms with van der Waals surface area (Å²) in [7, 11) is 0. The van der Waals surface area contributed by atoms with Gasteiger partial charge in [-0.3, -0.25) is 4.79 Å². The molecule has 1 saturated carbocycles. The molecule has 5 nitrogen and oxygen atoms in total. The molecule has 1 amide bonds. The lowest BCUT2D eigenvalue weighted by molar-refractivity contribution is -0.159. The van der Waals surface area contributed by atoms with Gasteiger partial charge in [-0.2, -0.15) is 0 Å². The van der Waals surface area contributed by atoms with Gasteiger partial charge < -0.3 is 15.7 Å². The highest BCUT2D eigenvalue weighted by Gasteiger charge is 2.42. The summed E-state index contributed by atoms with van der Waals surface area (Å²) in [5, 5.41) is 9.24. The highest BCUT2D eigenvalue weighted by Crippen LogP contribution is 2.34. The van der Waals surface area contributed by atoms with Gasteiger partial charge in [-0.15, -0.1) is 0 Å². The summed E-state index contributed by atoms with van der Waals surface area (Å²) < 4.78 is 0. The van der Waals surface area contributed by atoms with E-state index in [1.807, 2.05) is 6.92 Å². The Hall–Kier alpha value is -1.10. The summed E-state index contributed by atoms with van der Waals surface area (Å²) in [4.78, 5) is 25.2. The van der Waals surface area contributed by atoms with Gasteiger partial charge in [-0.05, 0) is 46.1 Å². The molecule has 0 heterocycles. The molecule has 104 valence electrons. The zero-order valence-corrected chi connectivity index (χ0v) is 11.5. The predicted octanol–water partition coefficient (Wildman–Crippen LogP) is 1.07. The van der Waals surface area contributed by atoms with Crippen molar-refractivity contribution in [1.29, 1.82) is 0 Å². The van der Waals surface area contributed by atoms with Crippen molar-refractivity contribution >= 4 is 11.9 Å². The largest absolute Gasteiger partial charge is 0.480 e. The molecular weight excluding hydrogens is 232 g/mol. The molecule has 5 heteroatoms. The first-order valence-corrected chi connectivity index (χ1v) is 6.61. The molecule has 0 bridgehead atoms. The van der Waals surface area contributed by atoms with E-state index in [1.54, 1.807) is 13.8 Å². The van der Waals surface area contributed by atoms with Gasteiger partial charge in [0.25, 0.3) is 0 Å². The number of carbonyl (C=O) groups is 2. The van der Waals surface area contributed by atoms with Crippen LogP contribution < -0.4 is 5.73 Å². The van der Waals surface area contributed by atoms with E-state index in [9.17, 15) is 14.7 Å². The predicted molar refractivity (Wildman–Crippen MR) is 69.0 cm³/mol. The molecule has 0 aromatic carbocycles. The Morgan fingerprint density at radius 3 is 2.44 bits per heavy atom. The van der Waals surface area contributed by atoms with Crippen molar-refractivity contribution in [1.82, 2.24) is 4.90 Å². The number of nitrogens with two attached hydrogens (primary N) is 1. The van der Waals surface area contributed by atoms with E-state index in [2.05, 4.69) is 0 Å². The number of carboxylic acids is 1. The van der Waals surface area contributed by atoms with Gasteiger partial charge in [0.1, 0.15) is 5.54 Å². The Kier molecular flexibility index (Phi) is 4.73. The van der Waals surface area contributed by atoms with E-state index >= 15 is 0 Å². The standard InChI is InChI=1S/C13H24N2O3/c1-4-15(13(2,3)12(17)18)11(16)10-7-5-6-9(10)8-14/h9-10H,4-8,14H2,1-3H3,(H,17,18). The van der Waals surface area contributed by atoms with E-state index in [0.29, 0.717) is 13.1 Å². The van der Waals surface area contributed by atoms with Crippen LogP contribution in [0.3, 0.4) is 0 Å². The van der Waals surface area contributed by atoms with Crippen molar-refractivity contribution in [3.05, 3.63) is 0 Å². The number of carbonyl (C=O) groups excluding carboxylic acids is 1. The molecule has 1 rings (SSSR count). The van der Waals surface area contributed by atoms with Crippen LogP contribution in [-0.4, -0.2) is 40.5 Å². The van der Waals surface area contributed by atoms with Gasteiger partial charge in [-0.25, -0.2) is 4.79 Å². The fourth-order valence-corrected chi connectivity index (χ4v) is 2.79. The first-order valence-electron chi connectivity index (χ1n) is 6.61. The lowest BCUT2D eigenvalue weighted by atomic mass is 9.92. The maximum absolute atomic E-state index is 12.5. The van der Waals surface area contributed by atoms with E-state index in [0.717, 1.165) is 19.3 Å². The van der Waals surface area contributed by atoms with Crippen molar-refractivity contribution in [2.75, 3.05) is 13.1 Å². The summed E-state index contributed by atoms with van der Waals surface area (Å²) in [6.07, 6.45) is 2.80. The Labute approximate surface area is 108 Å². The molecule has 1 aliphatic rings. The third-order valence-corrected chi connectivity index (χ3v) is 4.06. The van der Waals surface area contributed by atoms with Crippen LogP contribution >= 0.6 is 0 Å². The second-order valence-electron chi connectivity index (χ2n) is 5.48. The third kappa shape index (κ3) is 2.66. The molecular formula is C13H24N2O3. The molecule has 2 atom stereocenters. The van der Waals surface area contributed by atoms with E-state index in [1.165, 1.54) is 4.90 Å². The van der Waals surface area contributed by atoms with Crippen molar-refractivity contribution in [3.8, 4) is 0 Å². The van der Waals surface area contributed by atoms with E-state index in [4.69, 9.17) is 5.73 Å². The number of aliphatic carboxylic acids is 1.